The lowest BCUT2D eigenvalue weighted by atomic mass is 10.3. The zero-order chi connectivity index (χ0) is 11.3. The maximum Gasteiger partial charge on any atom is 0.0744 e. The molecule has 0 bridgehead atoms. The van der Waals surface area contributed by atoms with Crippen molar-refractivity contribution in [3.8, 4) is 0 Å². The van der Waals surface area contributed by atoms with E-state index in [1.807, 2.05) is 13.1 Å². The highest BCUT2D eigenvalue weighted by molar-refractivity contribution is 9.10. The number of anilines is 1. The molecule has 1 rings (SSSR count). The number of rotatable bonds is 5. The lowest BCUT2D eigenvalue weighted by Crippen LogP contribution is -2.28. The Morgan fingerprint density at radius 1 is 1.67 bits per heavy atom. The summed E-state index contributed by atoms with van der Waals surface area (Å²) in [5.74, 6) is 0. The fourth-order valence-corrected chi connectivity index (χ4v) is 2.19. The second-order valence-electron chi connectivity index (χ2n) is 3.26. The number of nitrogens with zero attached hydrogens (tertiary/aromatic N) is 2. The third-order valence-electron chi connectivity index (χ3n) is 1.98. The van der Waals surface area contributed by atoms with Gasteiger partial charge in [-0.3, -0.25) is 4.98 Å². The molecule has 0 aliphatic rings. The Balaban J connectivity index is 2.61. The van der Waals surface area contributed by atoms with Crippen LogP contribution in [0.5, 0.6) is 0 Å². The molecule has 0 amide bonds. The van der Waals surface area contributed by atoms with Gasteiger partial charge in [-0.05, 0) is 22.0 Å². The van der Waals surface area contributed by atoms with Crippen molar-refractivity contribution in [2.45, 2.75) is 5.38 Å². The number of pyridine rings is 1. The number of methoxy groups -OCH3 is 1. The molecular formula is C10H14BrClN2O. The lowest BCUT2D eigenvalue weighted by Gasteiger charge is -2.22. The molecule has 0 fully saturated rings. The molecule has 0 saturated heterocycles. The molecule has 5 heteroatoms. The standard InChI is InChI=1S/C10H14BrClN2O/c1-14(6-8(12)7-15-2)10-3-4-13-5-9(10)11/h3-5,8H,6-7H2,1-2H3. The molecule has 84 valence electrons. The average Bonchev–Trinajstić information content (AvgIpc) is 2.18. The molecule has 0 aliphatic carbocycles. The Kier molecular flexibility index (Phi) is 5.36. The molecule has 0 aromatic carbocycles. The van der Waals surface area contributed by atoms with Crippen LogP contribution in [0.3, 0.4) is 0 Å². The summed E-state index contributed by atoms with van der Waals surface area (Å²) in [6, 6.07) is 1.94. The van der Waals surface area contributed by atoms with E-state index in [0.29, 0.717) is 6.61 Å². The van der Waals surface area contributed by atoms with Gasteiger partial charge in [0.05, 0.1) is 22.1 Å². The second-order valence-corrected chi connectivity index (χ2v) is 4.73. The molecule has 1 aromatic rings. The van der Waals surface area contributed by atoms with Crippen molar-refractivity contribution in [2.24, 2.45) is 0 Å². The molecular weight excluding hydrogens is 279 g/mol. The molecule has 0 N–H and O–H groups in total. The quantitative estimate of drug-likeness (QED) is 0.780. The van der Waals surface area contributed by atoms with E-state index in [9.17, 15) is 0 Å². The number of halogens is 2. The van der Waals surface area contributed by atoms with Crippen LogP contribution in [0.1, 0.15) is 0 Å². The molecule has 0 saturated carbocycles. The minimum absolute atomic E-state index is 0.0138. The summed E-state index contributed by atoms with van der Waals surface area (Å²) in [5.41, 5.74) is 1.08. The van der Waals surface area contributed by atoms with E-state index < -0.39 is 0 Å². The van der Waals surface area contributed by atoms with Gasteiger partial charge < -0.3 is 9.64 Å². The van der Waals surface area contributed by atoms with Gasteiger partial charge in [-0.25, -0.2) is 0 Å². The molecule has 3 nitrogen and oxygen atoms in total. The SMILES string of the molecule is COCC(Cl)CN(C)c1ccncc1Br. The first kappa shape index (κ1) is 12.7. The van der Waals surface area contributed by atoms with Crippen LogP contribution in [-0.4, -0.2) is 37.7 Å². The van der Waals surface area contributed by atoms with Gasteiger partial charge >= 0.3 is 0 Å². The molecule has 0 radical (unpaired) electrons. The first-order valence-corrected chi connectivity index (χ1v) is 5.81. The minimum atomic E-state index is -0.0138. The molecule has 1 atom stereocenters. The second kappa shape index (κ2) is 6.30. The monoisotopic (exact) mass is 292 g/mol. The van der Waals surface area contributed by atoms with Gasteiger partial charge in [0.1, 0.15) is 0 Å². The van der Waals surface area contributed by atoms with E-state index in [0.717, 1.165) is 16.7 Å². The fourth-order valence-electron chi connectivity index (χ4n) is 1.31. The van der Waals surface area contributed by atoms with Crippen molar-refractivity contribution in [3.63, 3.8) is 0 Å². The zero-order valence-electron chi connectivity index (χ0n) is 8.78. The van der Waals surface area contributed by atoms with Gasteiger partial charge in [0.15, 0.2) is 0 Å². The van der Waals surface area contributed by atoms with Crippen LogP contribution in [0, 0.1) is 0 Å². The van der Waals surface area contributed by atoms with E-state index in [-0.39, 0.29) is 5.38 Å². The minimum Gasteiger partial charge on any atom is -0.383 e. The summed E-state index contributed by atoms with van der Waals surface area (Å²) in [7, 11) is 3.64. The maximum absolute atomic E-state index is 6.08. The summed E-state index contributed by atoms with van der Waals surface area (Å²) < 4.78 is 5.95. The Morgan fingerprint density at radius 2 is 2.40 bits per heavy atom. The van der Waals surface area contributed by atoms with Crippen molar-refractivity contribution < 1.29 is 4.74 Å². The first-order chi connectivity index (χ1) is 7.15. The van der Waals surface area contributed by atoms with Crippen LogP contribution < -0.4 is 4.90 Å². The number of hydrogen-bond donors (Lipinski definition) is 0. The smallest absolute Gasteiger partial charge is 0.0744 e. The van der Waals surface area contributed by atoms with Crippen molar-refractivity contribution in [1.29, 1.82) is 0 Å². The first-order valence-electron chi connectivity index (χ1n) is 4.58. The number of ether oxygens (including phenoxy) is 1. The van der Waals surface area contributed by atoms with Crippen LogP contribution in [0.25, 0.3) is 0 Å². The Hall–Kier alpha value is -0.320. The van der Waals surface area contributed by atoms with Gasteiger partial charge in [-0.15, -0.1) is 11.6 Å². The van der Waals surface area contributed by atoms with Gasteiger partial charge in [-0.2, -0.15) is 0 Å². The largest absolute Gasteiger partial charge is 0.383 e. The van der Waals surface area contributed by atoms with Crippen LogP contribution in [0.2, 0.25) is 0 Å². The Bertz CT molecular complexity index is 311. The topological polar surface area (TPSA) is 25.4 Å². The van der Waals surface area contributed by atoms with E-state index in [2.05, 4.69) is 25.8 Å². The highest BCUT2D eigenvalue weighted by atomic mass is 79.9. The number of hydrogen-bond acceptors (Lipinski definition) is 3. The molecule has 0 spiro atoms. The molecule has 1 unspecified atom stereocenters. The van der Waals surface area contributed by atoms with Gasteiger partial charge in [0.2, 0.25) is 0 Å². The van der Waals surface area contributed by atoms with Crippen LogP contribution in [0.4, 0.5) is 5.69 Å². The fraction of sp³-hybridized carbons (Fsp3) is 0.500. The van der Waals surface area contributed by atoms with Crippen LogP contribution >= 0.6 is 27.5 Å². The summed E-state index contributed by atoms with van der Waals surface area (Å²) in [4.78, 5) is 6.08. The van der Waals surface area contributed by atoms with Crippen molar-refractivity contribution in [2.75, 3.05) is 32.2 Å². The summed E-state index contributed by atoms with van der Waals surface area (Å²) in [5, 5.41) is -0.0138. The van der Waals surface area contributed by atoms with Gasteiger partial charge in [0, 0.05) is 33.1 Å². The average molecular weight is 294 g/mol. The zero-order valence-corrected chi connectivity index (χ0v) is 11.1. The highest BCUT2D eigenvalue weighted by Crippen LogP contribution is 2.23. The Morgan fingerprint density at radius 3 is 3.00 bits per heavy atom. The van der Waals surface area contributed by atoms with E-state index in [4.69, 9.17) is 16.3 Å². The molecule has 1 heterocycles. The summed E-state index contributed by atoms with van der Waals surface area (Å²) >= 11 is 9.53. The van der Waals surface area contributed by atoms with Crippen LogP contribution in [0.15, 0.2) is 22.9 Å². The predicted molar refractivity (Wildman–Crippen MR) is 66.7 cm³/mol. The third kappa shape index (κ3) is 3.97. The van der Waals surface area contributed by atoms with E-state index in [1.165, 1.54) is 0 Å². The summed E-state index contributed by atoms with van der Waals surface area (Å²) in [6.45, 7) is 1.28. The number of aromatic nitrogens is 1. The van der Waals surface area contributed by atoms with E-state index >= 15 is 0 Å². The van der Waals surface area contributed by atoms with Gasteiger partial charge in [0.25, 0.3) is 0 Å². The molecule has 15 heavy (non-hydrogen) atoms. The highest BCUT2D eigenvalue weighted by Gasteiger charge is 2.10. The molecule has 0 aliphatic heterocycles. The van der Waals surface area contributed by atoms with Crippen molar-refractivity contribution in [1.82, 2.24) is 4.98 Å². The normalized spacial score (nSPS) is 12.5. The van der Waals surface area contributed by atoms with Crippen LogP contribution in [-0.2, 0) is 4.74 Å². The Labute approximate surface area is 104 Å². The van der Waals surface area contributed by atoms with Crippen molar-refractivity contribution in [3.05, 3.63) is 22.9 Å². The lowest BCUT2D eigenvalue weighted by molar-refractivity contribution is 0.199. The number of alkyl halides is 1. The third-order valence-corrected chi connectivity index (χ3v) is 2.86. The maximum atomic E-state index is 6.08. The molecule has 1 aromatic heterocycles. The van der Waals surface area contributed by atoms with Gasteiger partial charge in [-0.1, -0.05) is 0 Å². The van der Waals surface area contributed by atoms with Crippen molar-refractivity contribution >= 4 is 33.2 Å². The summed E-state index contributed by atoms with van der Waals surface area (Å²) in [6.07, 6.45) is 3.53. The van der Waals surface area contributed by atoms with E-state index in [1.54, 1.807) is 19.5 Å². The predicted octanol–water partition coefficient (Wildman–Crippen LogP) is 2.53.